The number of nitrogens with zero attached hydrogens (tertiary/aromatic N) is 1. The van der Waals surface area contributed by atoms with Gasteiger partial charge in [-0.2, -0.15) is 0 Å². The number of aliphatic carboxylic acids is 1. The van der Waals surface area contributed by atoms with Crippen LogP contribution in [0, 0.1) is 11.8 Å². The number of anilines is 1. The summed E-state index contributed by atoms with van der Waals surface area (Å²) in [6, 6.07) is 2.49. The maximum absolute atomic E-state index is 13.1. The molecule has 1 aromatic rings. The Kier molecular flexibility index (Phi) is 13.7. The van der Waals surface area contributed by atoms with Gasteiger partial charge in [0.15, 0.2) is 6.10 Å². The third kappa shape index (κ3) is 10.2. The Labute approximate surface area is 288 Å². The summed E-state index contributed by atoms with van der Waals surface area (Å²) in [5, 5.41) is 47.7. The number of nitrogens with one attached hydrogen (secondary N) is 3. The van der Waals surface area contributed by atoms with Crippen molar-refractivity contribution in [2.45, 2.75) is 96.7 Å². The van der Waals surface area contributed by atoms with Crippen LogP contribution in [0.15, 0.2) is 30.4 Å². The molecule has 0 aliphatic carbocycles. The molecule has 17 nitrogen and oxygen atoms in total. The van der Waals surface area contributed by atoms with E-state index in [0.29, 0.717) is 11.1 Å². The Morgan fingerprint density at radius 3 is 2.10 bits per heavy atom. The predicted molar refractivity (Wildman–Crippen MR) is 173 cm³/mol. The quantitative estimate of drug-likeness (QED) is 0.0834. The molecule has 1 fully saturated rings. The fourth-order valence-corrected chi connectivity index (χ4v) is 5.19. The van der Waals surface area contributed by atoms with Crippen molar-refractivity contribution >= 4 is 47.2 Å². The van der Waals surface area contributed by atoms with E-state index in [2.05, 4.69) is 16.0 Å². The first-order valence-corrected chi connectivity index (χ1v) is 16.1. The van der Waals surface area contributed by atoms with Crippen molar-refractivity contribution in [3.8, 4) is 0 Å². The van der Waals surface area contributed by atoms with E-state index in [4.69, 9.17) is 9.47 Å². The lowest BCUT2D eigenvalue weighted by molar-refractivity contribution is -0.228. The van der Waals surface area contributed by atoms with E-state index in [1.54, 1.807) is 39.8 Å². The van der Waals surface area contributed by atoms with Crippen molar-refractivity contribution in [2.24, 2.45) is 11.8 Å². The molecule has 50 heavy (non-hydrogen) atoms. The molecular formula is C33H44N4O13. The van der Waals surface area contributed by atoms with Crippen LogP contribution in [0.1, 0.15) is 52.2 Å². The summed E-state index contributed by atoms with van der Waals surface area (Å²) >= 11 is 0. The number of carbonyl (C=O) groups excluding carboxylic acids is 6. The van der Waals surface area contributed by atoms with E-state index in [1.165, 1.54) is 13.0 Å². The molecule has 2 aliphatic heterocycles. The predicted octanol–water partition coefficient (Wildman–Crippen LogP) is -1.24. The van der Waals surface area contributed by atoms with Crippen LogP contribution in [0.2, 0.25) is 0 Å². The largest absolute Gasteiger partial charge is 0.479 e. The average molecular weight is 705 g/mol. The standard InChI is InChI=1S/C33H44N4O13/c1-15(2)25(36-22(38)13-37-23(39)10-11-24(37)40)31(45)34-17(5)30(44)35-20-8-6-19(14-49-33(48)16(3)4)18(12-20)7-9-21-26(41)27(42)28(43)29(50-21)32(46)47/h6,8,10-12,15-17,21,25-29,41-43H,7,9,13-14H2,1-5H3,(H,34,45)(H,35,44)(H,36,38)(H,46,47)/t17-,21-,25-,26-,27+,28-,29-/m0/s1. The summed E-state index contributed by atoms with van der Waals surface area (Å²) < 4.78 is 10.8. The minimum absolute atomic E-state index is 0.0252. The molecule has 17 heteroatoms. The van der Waals surface area contributed by atoms with Crippen LogP contribution in [-0.2, 0) is 56.1 Å². The Morgan fingerprint density at radius 1 is 0.880 bits per heavy atom. The summed E-state index contributed by atoms with van der Waals surface area (Å²) in [6.45, 7) is 7.34. The van der Waals surface area contributed by atoms with Crippen LogP contribution in [0.25, 0.3) is 0 Å². The van der Waals surface area contributed by atoms with Crippen LogP contribution in [0.5, 0.6) is 0 Å². The summed E-state index contributed by atoms with van der Waals surface area (Å²) in [4.78, 5) is 86.7. The molecule has 1 aromatic carbocycles. The van der Waals surface area contributed by atoms with Crippen molar-refractivity contribution in [3.05, 3.63) is 41.5 Å². The first-order valence-electron chi connectivity index (χ1n) is 16.1. The first kappa shape index (κ1) is 39.7. The average Bonchev–Trinajstić information content (AvgIpc) is 3.36. The van der Waals surface area contributed by atoms with Gasteiger partial charge in [-0.1, -0.05) is 33.8 Å². The van der Waals surface area contributed by atoms with Crippen LogP contribution in [-0.4, -0.2) is 116 Å². The van der Waals surface area contributed by atoms with Gasteiger partial charge in [0.25, 0.3) is 11.8 Å². The Morgan fingerprint density at radius 2 is 1.52 bits per heavy atom. The SMILES string of the molecule is CC(C)C(=O)OCc1ccc(NC(=O)[C@H](C)NC(=O)[C@@H](NC(=O)CN2C(=O)C=CC2=O)C(C)C)cc1CC[C@@H]1O[C@H](C(=O)O)[C@@H](O)[C@H](O)[C@H]1O. The molecule has 2 heterocycles. The topological polar surface area (TPSA) is 258 Å². The van der Waals surface area contributed by atoms with E-state index in [0.717, 1.165) is 17.1 Å². The van der Waals surface area contributed by atoms with Crippen LogP contribution in [0.4, 0.5) is 5.69 Å². The number of carboxylic acids is 1. The molecule has 1 saturated heterocycles. The number of hydrogen-bond donors (Lipinski definition) is 7. The van der Waals surface area contributed by atoms with Gasteiger partial charge < -0.3 is 45.9 Å². The van der Waals surface area contributed by atoms with Crippen LogP contribution in [0.3, 0.4) is 0 Å². The molecule has 2 aliphatic rings. The zero-order valence-corrected chi connectivity index (χ0v) is 28.3. The maximum Gasteiger partial charge on any atom is 0.335 e. The summed E-state index contributed by atoms with van der Waals surface area (Å²) in [7, 11) is 0. The summed E-state index contributed by atoms with van der Waals surface area (Å²) in [5.74, 6) is -6.19. The summed E-state index contributed by atoms with van der Waals surface area (Å²) in [5.41, 5.74) is 1.33. The zero-order chi connectivity index (χ0) is 37.4. The highest BCUT2D eigenvalue weighted by Gasteiger charge is 2.46. The first-order chi connectivity index (χ1) is 23.4. The van der Waals surface area contributed by atoms with E-state index in [1.807, 2.05) is 0 Å². The molecule has 0 unspecified atom stereocenters. The molecule has 5 amide bonds. The number of benzene rings is 1. The highest BCUT2D eigenvalue weighted by molar-refractivity contribution is 6.14. The Balaban J connectivity index is 1.70. The van der Waals surface area contributed by atoms with Gasteiger partial charge in [-0.05, 0) is 48.9 Å². The van der Waals surface area contributed by atoms with Gasteiger partial charge in [0, 0.05) is 17.8 Å². The van der Waals surface area contributed by atoms with E-state index in [9.17, 15) is 54.0 Å². The number of hydrogen-bond acceptors (Lipinski definition) is 12. The molecule has 274 valence electrons. The minimum atomic E-state index is -1.85. The lowest BCUT2D eigenvalue weighted by Crippen LogP contribution is -2.59. The summed E-state index contributed by atoms with van der Waals surface area (Å²) in [6.07, 6.45) is -6.04. The van der Waals surface area contributed by atoms with Crippen molar-refractivity contribution in [2.75, 3.05) is 11.9 Å². The second-order valence-electron chi connectivity index (χ2n) is 12.8. The second-order valence-corrected chi connectivity index (χ2v) is 12.8. The number of aliphatic hydroxyl groups is 3. The number of aliphatic hydroxyl groups excluding tert-OH is 3. The van der Waals surface area contributed by atoms with Crippen LogP contribution >= 0.6 is 0 Å². The fraction of sp³-hybridized carbons (Fsp3) is 0.545. The van der Waals surface area contributed by atoms with Crippen molar-refractivity contribution in [1.82, 2.24) is 15.5 Å². The molecule has 7 N–H and O–H groups in total. The minimum Gasteiger partial charge on any atom is -0.479 e. The number of carbonyl (C=O) groups is 7. The molecule has 0 spiro atoms. The van der Waals surface area contributed by atoms with E-state index >= 15 is 0 Å². The number of esters is 1. The Hall–Kier alpha value is -4.71. The smallest absolute Gasteiger partial charge is 0.335 e. The third-order valence-corrected chi connectivity index (χ3v) is 8.19. The number of aryl methyl sites for hydroxylation is 1. The number of imide groups is 1. The van der Waals surface area contributed by atoms with Gasteiger partial charge >= 0.3 is 11.9 Å². The van der Waals surface area contributed by atoms with Crippen LogP contribution < -0.4 is 16.0 Å². The van der Waals surface area contributed by atoms with E-state index < -0.39 is 102 Å². The van der Waals surface area contributed by atoms with Crippen molar-refractivity contribution in [1.29, 1.82) is 0 Å². The zero-order valence-electron chi connectivity index (χ0n) is 28.3. The molecule has 0 aromatic heterocycles. The fourth-order valence-electron chi connectivity index (χ4n) is 5.19. The number of carboxylic acid groups (broad SMARTS) is 1. The normalized spacial score (nSPS) is 23.1. The molecule has 0 bridgehead atoms. The lowest BCUT2D eigenvalue weighted by Gasteiger charge is -2.39. The van der Waals surface area contributed by atoms with Crippen molar-refractivity contribution < 1.29 is 63.5 Å². The van der Waals surface area contributed by atoms with Gasteiger partial charge in [0.1, 0.15) is 43.5 Å². The lowest BCUT2D eigenvalue weighted by atomic mass is 9.91. The monoisotopic (exact) mass is 704 g/mol. The molecule has 7 atom stereocenters. The van der Waals surface area contributed by atoms with Gasteiger partial charge in [0.2, 0.25) is 17.7 Å². The van der Waals surface area contributed by atoms with Crippen molar-refractivity contribution in [3.63, 3.8) is 0 Å². The van der Waals surface area contributed by atoms with Gasteiger partial charge in [-0.25, -0.2) is 4.79 Å². The van der Waals surface area contributed by atoms with Gasteiger partial charge in [-0.3, -0.25) is 33.7 Å². The highest BCUT2D eigenvalue weighted by atomic mass is 16.6. The maximum atomic E-state index is 13.1. The molecule has 0 radical (unpaired) electrons. The Bertz CT molecular complexity index is 1490. The third-order valence-electron chi connectivity index (χ3n) is 8.19. The molecule has 3 rings (SSSR count). The van der Waals surface area contributed by atoms with Gasteiger partial charge in [0.05, 0.1) is 12.0 Å². The number of ether oxygens (including phenoxy) is 2. The number of amides is 5. The highest BCUT2D eigenvalue weighted by Crippen LogP contribution is 2.27. The second kappa shape index (κ2) is 17.3. The van der Waals surface area contributed by atoms with Gasteiger partial charge in [-0.15, -0.1) is 0 Å². The van der Waals surface area contributed by atoms with E-state index in [-0.39, 0.29) is 25.1 Å². The molecular weight excluding hydrogens is 660 g/mol. The molecule has 0 saturated carbocycles. The number of rotatable bonds is 15.